The minimum Gasteiger partial charge on any atom is -0.461 e. The molecule has 0 N–H and O–H groups in total. The van der Waals surface area contributed by atoms with Gasteiger partial charge in [-0.25, -0.2) is 0 Å². The van der Waals surface area contributed by atoms with Crippen molar-refractivity contribution in [2.45, 2.75) is 45.1 Å². The van der Waals surface area contributed by atoms with Crippen LogP contribution in [0.5, 0.6) is 0 Å². The van der Waals surface area contributed by atoms with E-state index in [-0.39, 0.29) is 17.5 Å². The van der Waals surface area contributed by atoms with E-state index in [0.29, 0.717) is 6.42 Å². The third kappa shape index (κ3) is 2.14. The number of cyclic esters (lactones) is 1. The number of rotatable bonds is 2. The smallest absolute Gasteiger partial charge is 0.309 e. The molecule has 1 unspecified atom stereocenters. The maximum absolute atomic E-state index is 10.9. The summed E-state index contributed by atoms with van der Waals surface area (Å²) in [7, 11) is 0. The number of benzene rings is 1. The van der Waals surface area contributed by atoms with Gasteiger partial charge in [-0.3, -0.25) is 4.79 Å². The Morgan fingerprint density at radius 3 is 2.58 bits per heavy atom. The van der Waals surface area contributed by atoms with E-state index in [9.17, 15) is 4.79 Å². The largest absolute Gasteiger partial charge is 0.461 e. The first kappa shape index (κ1) is 12.3. The molecule has 1 aromatic carbocycles. The summed E-state index contributed by atoms with van der Waals surface area (Å²) in [5.41, 5.74) is 2.04. The summed E-state index contributed by atoms with van der Waals surface area (Å²) < 4.78 is 11.2. The second-order valence-electron chi connectivity index (χ2n) is 6.18. The van der Waals surface area contributed by atoms with Gasteiger partial charge in [-0.15, -0.1) is 0 Å². The number of hydrogen-bond donors (Lipinski definition) is 0. The van der Waals surface area contributed by atoms with Gasteiger partial charge in [-0.2, -0.15) is 0 Å². The lowest BCUT2D eigenvalue weighted by molar-refractivity contribution is -0.169. The highest BCUT2D eigenvalue weighted by molar-refractivity contribution is 5.83. The SMILES string of the molecule is CC(C)(C)c1oc2ccccc2c1CC1CC(=O)O1. The van der Waals surface area contributed by atoms with Crippen molar-refractivity contribution in [3.05, 3.63) is 35.6 Å². The topological polar surface area (TPSA) is 39.4 Å². The molecule has 0 aliphatic carbocycles. The summed E-state index contributed by atoms with van der Waals surface area (Å²) in [5.74, 6) is 0.895. The van der Waals surface area contributed by atoms with Gasteiger partial charge in [0.25, 0.3) is 0 Å². The van der Waals surface area contributed by atoms with E-state index in [1.165, 1.54) is 5.56 Å². The summed E-state index contributed by atoms with van der Waals surface area (Å²) in [4.78, 5) is 10.9. The molecular formula is C16H18O3. The number of fused-ring (bicyclic) bond motifs is 1. The molecule has 100 valence electrons. The van der Waals surface area contributed by atoms with Gasteiger partial charge in [0.2, 0.25) is 0 Å². The van der Waals surface area contributed by atoms with E-state index in [0.717, 1.165) is 23.2 Å². The van der Waals surface area contributed by atoms with Crippen LogP contribution in [0.2, 0.25) is 0 Å². The highest BCUT2D eigenvalue weighted by Crippen LogP contribution is 2.36. The Morgan fingerprint density at radius 1 is 1.26 bits per heavy atom. The molecule has 19 heavy (non-hydrogen) atoms. The Kier molecular flexibility index (Phi) is 2.66. The number of furan rings is 1. The fourth-order valence-electron chi connectivity index (χ4n) is 2.61. The van der Waals surface area contributed by atoms with Crippen LogP contribution in [0, 0.1) is 0 Å². The lowest BCUT2D eigenvalue weighted by Crippen LogP contribution is -2.34. The Labute approximate surface area is 112 Å². The lowest BCUT2D eigenvalue weighted by Gasteiger charge is -2.26. The average molecular weight is 258 g/mol. The van der Waals surface area contributed by atoms with Crippen molar-refractivity contribution in [2.24, 2.45) is 0 Å². The number of ether oxygens (including phenoxy) is 1. The van der Waals surface area contributed by atoms with Crippen molar-refractivity contribution in [2.75, 3.05) is 0 Å². The maximum Gasteiger partial charge on any atom is 0.309 e. The Balaban J connectivity index is 2.05. The van der Waals surface area contributed by atoms with Gasteiger partial charge in [0.05, 0.1) is 6.42 Å². The van der Waals surface area contributed by atoms with Gasteiger partial charge < -0.3 is 9.15 Å². The first-order valence-corrected chi connectivity index (χ1v) is 6.65. The zero-order chi connectivity index (χ0) is 13.6. The van der Waals surface area contributed by atoms with Crippen LogP contribution in [0.3, 0.4) is 0 Å². The van der Waals surface area contributed by atoms with E-state index >= 15 is 0 Å². The van der Waals surface area contributed by atoms with E-state index in [1.54, 1.807) is 0 Å². The second kappa shape index (κ2) is 4.12. The zero-order valence-electron chi connectivity index (χ0n) is 11.5. The standard InChI is InChI=1S/C16H18O3/c1-16(2,3)15-12(8-10-9-14(17)18-10)11-6-4-5-7-13(11)19-15/h4-7,10H,8-9H2,1-3H3. The second-order valence-corrected chi connectivity index (χ2v) is 6.18. The van der Waals surface area contributed by atoms with Crippen LogP contribution in [-0.4, -0.2) is 12.1 Å². The van der Waals surface area contributed by atoms with Gasteiger partial charge in [0.1, 0.15) is 17.4 Å². The van der Waals surface area contributed by atoms with Gasteiger partial charge in [-0.1, -0.05) is 39.0 Å². The summed E-state index contributed by atoms with van der Waals surface area (Å²) in [6.07, 6.45) is 1.27. The van der Waals surface area contributed by atoms with Crippen LogP contribution >= 0.6 is 0 Å². The van der Waals surface area contributed by atoms with Gasteiger partial charge in [0.15, 0.2) is 0 Å². The molecule has 1 atom stereocenters. The fourth-order valence-corrected chi connectivity index (χ4v) is 2.61. The molecule has 0 spiro atoms. The fraction of sp³-hybridized carbons (Fsp3) is 0.438. The average Bonchev–Trinajstić information content (AvgIpc) is 2.66. The first-order chi connectivity index (χ1) is 8.95. The Morgan fingerprint density at radius 2 is 1.95 bits per heavy atom. The molecule has 0 amide bonds. The molecule has 1 aliphatic rings. The summed E-state index contributed by atoms with van der Waals surface area (Å²) in [6, 6.07) is 8.05. The number of carbonyl (C=O) groups is 1. The third-order valence-electron chi connectivity index (χ3n) is 3.50. The highest BCUT2D eigenvalue weighted by Gasteiger charge is 2.33. The minimum absolute atomic E-state index is 0.00889. The van der Waals surface area contributed by atoms with Crippen LogP contribution in [-0.2, 0) is 21.4 Å². The molecule has 1 saturated heterocycles. The predicted octanol–water partition coefficient (Wildman–Crippen LogP) is 3.59. The molecule has 3 heteroatoms. The van der Waals surface area contributed by atoms with Gasteiger partial charge in [0, 0.05) is 22.8 Å². The van der Waals surface area contributed by atoms with Crippen LogP contribution in [0.15, 0.2) is 28.7 Å². The van der Waals surface area contributed by atoms with E-state index in [1.807, 2.05) is 18.2 Å². The van der Waals surface area contributed by atoms with Crippen molar-refractivity contribution in [3.63, 3.8) is 0 Å². The van der Waals surface area contributed by atoms with E-state index in [4.69, 9.17) is 9.15 Å². The molecule has 2 heterocycles. The molecule has 1 fully saturated rings. The highest BCUT2D eigenvalue weighted by atomic mass is 16.6. The Bertz CT molecular complexity index is 623. The van der Waals surface area contributed by atoms with Crippen molar-refractivity contribution < 1.29 is 13.9 Å². The van der Waals surface area contributed by atoms with Crippen LogP contribution in [0.1, 0.15) is 38.5 Å². The van der Waals surface area contributed by atoms with Crippen LogP contribution in [0.4, 0.5) is 0 Å². The summed E-state index contributed by atoms with van der Waals surface area (Å²) in [5, 5.41) is 1.13. The molecular weight excluding hydrogens is 240 g/mol. The van der Waals surface area contributed by atoms with Crippen LogP contribution < -0.4 is 0 Å². The van der Waals surface area contributed by atoms with Crippen LogP contribution in [0.25, 0.3) is 11.0 Å². The Hall–Kier alpha value is -1.77. The maximum atomic E-state index is 10.9. The monoisotopic (exact) mass is 258 g/mol. The number of esters is 1. The zero-order valence-corrected chi connectivity index (χ0v) is 11.5. The van der Waals surface area contributed by atoms with E-state index < -0.39 is 0 Å². The minimum atomic E-state index is -0.102. The molecule has 3 rings (SSSR count). The number of carbonyl (C=O) groups excluding carboxylic acids is 1. The van der Waals surface area contributed by atoms with Gasteiger partial charge in [-0.05, 0) is 6.07 Å². The van der Waals surface area contributed by atoms with Crippen molar-refractivity contribution >= 4 is 16.9 Å². The summed E-state index contributed by atoms with van der Waals surface area (Å²) in [6.45, 7) is 6.42. The number of hydrogen-bond acceptors (Lipinski definition) is 3. The van der Waals surface area contributed by atoms with Gasteiger partial charge >= 0.3 is 5.97 Å². The number of para-hydroxylation sites is 1. The summed E-state index contributed by atoms with van der Waals surface area (Å²) >= 11 is 0. The van der Waals surface area contributed by atoms with Crippen molar-refractivity contribution in [1.82, 2.24) is 0 Å². The van der Waals surface area contributed by atoms with Crippen molar-refractivity contribution in [3.8, 4) is 0 Å². The first-order valence-electron chi connectivity index (χ1n) is 6.65. The quantitative estimate of drug-likeness (QED) is 0.773. The van der Waals surface area contributed by atoms with Crippen molar-refractivity contribution in [1.29, 1.82) is 0 Å². The molecule has 1 aromatic heterocycles. The molecule has 0 radical (unpaired) electrons. The molecule has 2 aromatic rings. The normalized spacial score (nSPS) is 19.3. The molecule has 3 nitrogen and oxygen atoms in total. The molecule has 0 saturated carbocycles. The lowest BCUT2D eigenvalue weighted by atomic mass is 9.87. The predicted molar refractivity (Wildman–Crippen MR) is 73.1 cm³/mol. The molecule has 1 aliphatic heterocycles. The molecule has 0 bridgehead atoms. The van der Waals surface area contributed by atoms with E-state index in [2.05, 4.69) is 26.8 Å². The third-order valence-corrected chi connectivity index (χ3v) is 3.50.